The van der Waals surface area contributed by atoms with E-state index in [1.54, 1.807) is 0 Å². The number of carbonyl (C=O) groups excluding carboxylic acids is 1. The van der Waals surface area contributed by atoms with Gasteiger partial charge in [-0.3, -0.25) is 10.7 Å². The Bertz CT molecular complexity index is 292. The van der Waals surface area contributed by atoms with Crippen LogP contribution in [0.5, 0.6) is 0 Å². The number of nitrogens with zero attached hydrogens (tertiary/aromatic N) is 1. The van der Waals surface area contributed by atoms with Gasteiger partial charge in [0.25, 0.3) is 0 Å². The summed E-state index contributed by atoms with van der Waals surface area (Å²) in [6, 6.07) is -0.0861. The first-order chi connectivity index (χ1) is 7.10. The van der Waals surface area contributed by atoms with Gasteiger partial charge in [0.05, 0.1) is 0 Å². The number of hydrogen-bond donors (Lipinski definition) is 2. The molecule has 1 saturated carbocycles. The molecule has 84 valence electrons. The molecule has 0 bridgehead atoms. The third-order valence-electron chi connectivity index (χ3n) is 3.88. The first kappa shape index (κ1) is 10.5. The summed E-state index contributed by atoms with van der Waals surface area (Å²) < 4.78 is 0. The molecule has 1 saturated heterocycles. The van der Waals surface area contributed by atoms with Crippen molar-refractivity contribution in [2.75, 3.05) is 6.54 Å². The lowest BCUT2D eigenvalue weighted by Gasteiger charge is -2.40. The predicted molar refractivity (Wildman–Crippen MR) is 59.0 cm³/mol. The molecule has 0 aromatic carbocycles. The van der Waals surface area contributed by atoms with Crippen LogP contribution in [0.1, 0.15) is 39.5 Å². The zero-order chi connectivity index (χ0) is 11.1. The van der Waals surface area contributed by atoms with Crippen molar-refractivity contribution in [3.63, 3.8) is 0 Å². The molecule has 0 atom stereocenters. The van der Waals surface area contributed by atoms with Crippen LogP contribution < -0.4 is 5.32 Å². The van der Waals surface area contributed by atoms with E-state index < -0.39 is 0 Å². The molecule has 4 heteroatoms. The molecule has 0 aromatic heterocycles. The van der Waals surface area contributed by atoms with Crippen LogP contribution in [0.2, 0.25) is 0 Å². The van der Waals surface area contributed by atoms with E-state index in [0.717, 1.165) is 31.6 Å². The Labute approximate surface area is 90.5 Å². The van der Waals surface area contributed by atoms with Gasteiger partial charge in [0, 0.05) is 6.54 Å². The summed E-state index contributed by atoms with van der Waals surface area (Å²) in [5, 5.41) is 10.6. The normalized spacial score (nSPS) is 36.1. The van der Waals surface area contributed by atoms with Crippen molar-refractivity contribution in [3.05, 3.63) is 0 Å². The van der Waals surface area contributed by atoms with Crippen LogP contribution in [0.3, 0.4) is 0 Å². The molecule has 0 radical (unpaired) electrons. The Balaban J connectivity index is 2.24. The zero-order valence-corrected chi connectivity index (χ0v) is 9.47. The average molecular weight is 209 g/mol. The third kappa shape index (κ3) is 1.43. The van der Waals surface area contributed by atoms with Crippen molar-refractivity contribution in [1.82, 2.24) is 10.2 Å². The second kappa shape index (κ2) is 3.51. The minimum Gasteiger partial charge on any atom is -0.312 e. The third-order valence-corrected chi connectivity index (χ3v) is 3.88. The Morgan fingerprint density at radius 2 is 2.13 bits per heavy atom. The summed E-state index contributed by atoms with van der Waals surface area (Å²) in [4.78, 5) is 13.5. The molecule has 2 fully saturated rings. The van der Waals surface area contributed by atoms with Crippen LogP contribution in [0.25, 0.3) is 0 Å². The number of urea groups is 1. The quantitative estimate of drug-likeness (QED) is 0.681. The molecule has 2 aliphatic rings. The van der Waals surface area contributed by atoms with Gasteiger partial charge in [-0.2, -0.15) is 0 Å². The van der Waals surface area contributed by atoms with Crippen LogP contribution in [-0.4, -0.2) is 28.9 Å². The van der Waals surface area contributed by atoms with Crippen LogP contribution in [0, 0.1) is 11.3 Å². The van der Waals surface area contributed by atoms with Crippen LogP contribution in [0.4, 0.5) is 4.79 Å². The molecule has 15 heavy (non-hydrogen) atoms. The topological polar surface area (TPSA) is 56.2 Å². The fraction of sp³-hybridized carbons (Fsp3) is 0.818. The Morgan fingerprint density at radius 1 is 1.53 bits per heavy atom. The van der Waals surface area contributed by atoms with Crippen molar-refractivity contribution in [1.29, 1.82) is 5.41 Å². The molecule has 1 aliphatic heterocycles. The Morgan fingerprint density at radius 3 is 2.67 bits per heavy atom. The maximum absolute atomic E-state index is 11.6. The monoisotopic (exact) mass is 209 g/mol. The molecule has 2 rings (SSSR count). The van der Waals surface area contributed by atoms with Crippen LogP contribution in [-0.2, 0) is 0 Å². The average Bonchev–Trinajstić information content (AvgIpc) is 2.43. The predicted octanol–water partition coefficient (Wildman–Crippen LogP) is 1.96. The first-order valence-electron chi connectivity index (χ1n) is 5.78. The van der Waals surface area contributed by atoms with Gasteiger partial charge in [0.2, 0.25) is 0 Å². The van der Waals surface area contributed by atoms with Gasteiger partial charge in [0.1, 0.15) is 11.4 Å². The molecule has 1 spiro atoms. The summed E-state index contributed by atoms with van der Waals surface area (Å²) >= 11 is 0. The summed E-state index contributed by atoms with van der Waals surface area (Å²) in [6.07, 6.45) is 4.13. The highest BCUT2D eigenvalue weighted by atomic mass is 16.2. The molecule has 0 aromatic rings. The van der Waals surface area contributed by atoms with Crippen LogP contribution in [0.15, 0.2) is 0 Å². The highest BCUT2D eigenvalue weighted by Crippen LogP contribution is 2.39. The van der Waals surface area contributed by atoms with Crippen LogP contribution >= 0.6 is 0 Å². The standard InChI is InChI=1S/C11H19N3O/c1-3-14-10(15)13-9(12)11(14)6-4-8(2)5-7-11/h8H,3-7H2,1-2H3,(H2,12,13,15). The van der Waals surface area contributed by atoms with Gasteiger partial charge in [-0.05, 0) is 38.5 Å². The van der Waals surface area contributed by atoms with E-state index >= 15 is 0 Å². The van der Waals surface area contributed by atoms with E-state index in [9.17, 15) is 4.79 Å². The number of rotatable bonds is 1. The van der Waals surface area contributed by atoms with E-state index in [1.165, 1.54) is 0 Å². The van der Waals surface area contributed by atoms with Gasteiger partial charge in [-0.15, -0.1) is 0 Å². The second-order valence-corrected chi connectivity index (χ2v) is 4.76. The smallest absolute Gasteiger partial charge is 0.312 e. The fourth-order valence-corrected chi connectivity index (χ4v) is 2.83. The molecule has 1 aliphatic carbocycles. The number of likely N-dealkylation sites (N-methyl/N-ethyl adjacent to an activating group) is 1. The van der Waals surface area contributed by atoms with Gasteiger partial charge >= 0.3 is 6.03 Å². The summed E-state index contributed by atoms with van der Waals surface area (Å²) in [5.74, 6) is 1.15. The van der Waals surface area contributed by atoms with Crippen molar-refractivity contribution >= 4 is 11.9 Å². The van der Waals surface area contributed by atoms with Gasteiger partial charge in [0.15, 0.2) is 0 Å². The number of amides is 2. The van der Waals surface area contributed by atoms with Crippen molar-refractivity contribution in [2.24, 2.45) is 5.92 Å². The maximum Gasteiger partial charge on any atom is 0.323 e. The highest BCUT2D eigenvalue weighted by Gasteiger charge is 2.50. The number of amidine groups is 1. The number of hydrogen-bond acceptors (Lipinski definition) is 2. The lowest BCUT2D eigenvalue weighted by molar-refractivity contribution is 0.136. The Hall–Kier alpha value is -1.06. The minimum atomic E-state index is -0.293. The summed E-state index contributed by atoms with van der Waals surface area (Å²) in [6.45, 7) is 4.93. The number of nitrogens with one attached hydrogen (secondary N) is 2. The molecular weight excluding hydrogens is 190 g/mol. The van der Waals surface area contributed by atoms with E-state index in [0.29, 0.717) is 12.4 Å². The van der Waals surface area contributed by atoms with Crippen molar-refractivity contribution < 1.29 is 4.79 Å². The minimum absolute atomic E-state index is 0.0861. The second-order valence-electron chi connectivity index (χ2n) is 4.76. The lowest BCUT2D eigenvalue weighted by atomic mass is 9.76. The van der Waals surface area contributed by atoms with Crippen molar-refractivity contribution in [3.8, 4) is 0 Å². The molecule has 4 nitrogen and oxygen atoms in total. The molecule has 1 heterocycles. The lowest BCUT2D eigenvalue weighted by Crippen LogP contribution is -2.51. The Kier molecular flexibility index (Phi) is 2.44. The van der Waals surface area contributed by atoms with Gasteiger partial charge < -0.3 is 4.90 Å². The van der Waals surface area contributed by atoms with Gasteiger partial charge in [-0.1, -0.05) is 6.92 Å². The highest BCUT2D eigenvalue weighted by molar-refractivity contribution is 6.08. The molecule has 0 unspecified atom stereocenters. The largest absolute Gasteiger partial charge is 0.323 e. The van der Waals surface area contributed by atoms with E-state index in [-0.39, 0.29) is 11.6 Å². The van der Waals surface area contributed by atoms with Gasteiger partial charge in [-0.25, -0.2) is 4.79 Å². The van der Waals surface area contributed by atoms with E-state index in [1.807, 2.05) is 11.8 Å². The summed E-state index contributed by atoms with van der Waals surface area (Å²) in [5.41, 5.74) is -0.293. The molecule has 2 N–H and O–H groups in total. The summed E-state index contributed by atoms with van der Waals surface area (Å²) in [7, 11) is 0. The number of carbonyl (C=O) groups is 1. The zero-order valence-electron chi connectivity index (χ0n) is 9.47. The van der Waals surface area contributed by atoms with E-state index in [2.05, 4.69) is 12.2 Å². The molecule has 2 amide bonds. The van der Waals surface area contributed by atoms with E-state index in [4.69, 9.17) is 5.41 Å². The maximum atomic E-state index is 11.6. The first-order valence-corrected chi connectivity index (χ1v) is 5.78. The SMILES string of the molecule is CCN1C(=O)NC(=N)C12CCC(C)CC2. The molecular formula is C11H19N3O. The van der Waals surface area contributed by atoms with Crippen molar-refractivity contribution in [2.45, 2.75) is 45.1 Å². The fourth-order valence-electron chi connectivity index (χ4n) is 2.83.